The highest BCUT2D eigenvalue weighted by molar-refractivity contribution is 7.80. The summed E-state index contributed by atoms with van der Waals surface area (Å²) in [6.07, 6.45) is 0.772. The Morgan fingerprint density at radius 1 is 1.50 bits per heavy atom. The summed E-state index contributed by atoms with van der Waals surface area (Å²) >= 11 is 4.05. The van der Waals surface area contributed by atoms with E-state index < -0.39 is 11.8 Å². The van der Waals surface area contributed by atoms with E-state index in [2.05, 4.69) is 12.6 Å². The monoisotopic (exact) mass is 242 g/mol. The Bertz CT molecular complexity index is 377. The van der Waals surface area contributed by atoms with Gasteiger partial charge in [-0.15, -0.1) is 12.6 Å². The van der Waals surface area contributed by atoms with Crippen LogP contribution in [-0.2, 0) is 4.74 Å². The number of ether oxygens (including phenoxy) is 1. The van der Waals surface area contributed by atoms with E-state index in [-0.39, 0.29) is 5.56 Å². The summed E-state index contributed by atoms with van der Waals surface area (Å²) in [5.41, 5.74) is -0.0590. The number of carbonyl (C=O) groups excluding carboxylic acids is 1. The van der Waals surface area contributed by atoms with Crippen LogP contribution in [-0.4, -0.2) is 12.6 Å². The fraction of sp³-hybridized carbons (Fsp3) is 0.417. The lowest BCUT2D eigenvalue weighted by molar-refractivity contribution is 0.0482. The fourth-order valence-electron chi connectivity index (χ4n) is 1.13. The average Bonchev–Trinajstić information content (AvgIpc) is 2.21. The molecule has 0 radical (unpaired) electrons. The molecule has 1 aromatic carbocycles. The van der Waals surface area contributed by atoms with E-state index in [1.165, 1.54) is 18.2 Å². The summed E-state index contributed by atoms with van der Waals surface area (Å²) in [6, 6.07) is 4.07. The summed E-state index contributed by atoms with van der Waals surface area (Å²) < 4.78 is 18.2. The van der Waals surface area contributed by atoms with E-state index in [0.717, 1.165) is 6.42 Å². The van der Waals surface area contributed by atoms with E-state index in [1.807, 2.05) is 13.8 Å². The lowest BCUT2D eigenvalue weighted by Crippen LogP contribution is -2.10. The van der Waals surface area contributed by atoms with Gasteiger partial charge in [-0.3, -0.25) is 0 Å². The molecule has 16 heavy (non-hydrogen) atoms. The van der Waals surface area contributed by atoms with E-state index in [0.29, 0.717) is 17.4 Å². The minimum absolute atomic E-state index is 0.0590. The number of hydrogen-bond donors (Lipinski definition) is 1. The van der Waals surface area contributed by atoms with Crippen LogP contribution in [0.2, 0.25) is 0 Å². The molecule has 0 unspecified atom stereocenters. The van der Waals surface area contributed by atoms with Crippen molar-refractivity contribution in [2.45, 2.75) is 25.2 Å². The molecular weight excluding hydrogens is 227 g/mol. The first-order valence-electron chi connectivity index (χ1n) is 5.16. The molecule has 1 aromatic rings. The van der Waals surface area contributed by atoms with Gasteiger partial charge in [0.2, 0.25) is 0 Å². The Labute approximate surface area is 100 Å². The quantitative estimate of drug-likeness (QED) is 0.647. The van der Waals surface area contributed by atoms with Crippen LogP contribution in [0.15, 0.2) is 23.1 Å². The number of thiol groups is 1. The third-order valence-corrected chi connectivity index (χ3v) is 2.38. The van der Waals surface area contributed by atoms with E-state index in [4.69, 9.17) is 4.74 Å². The van der Waals surface area contributed by atoms with Crippen molar-refractivity contribution in [3.63, 3.8) is 0 Å². The molecule has 2 nitrogen and oxygen atoms in total. The Morgan fingerprint density at radius 2 is 2.19 bits per heavy atom. The second-order valence-corrected chi connectivity index (χ2v) is 4.50. The summed E-state index contributed by atoms with van der Waals surface area (Å²) in [6.45, 7) is 4.37. The maximum Gasteiger partial charge on any atom is 0.341 e. The highest BCUT2D eigenvalue weighted by Gasteiger charge is 2.13. The number of rotatable bonds is 4. The molecular formula is C12H15FO2S. The molecule has 0 aliphatic heterocycles. The van der Waals surface area contributed by atoms with Crippen LogP contribution in [0.4, 0.5) is 4.39 Å². The van der Waals surface area contributed by atoms with Gasteiger partial charge in [-0.25, -0.2) is 9.18 Å². The molecule has 1 rings (SSSR count). The minimum atomic E-state index is -0.631. The summed E-state index contributed by atoms with van der Waals surface area (Å²) in [4.78, 5) is 12.0. The first kappa shape index (κ1) is 13.0. The third kappa shape index (κ3) is 3.85. The van der Waals surface area contributed by atoms with Crippen LogP contribution in [0.5, 0.6) is 0 Å². The van der Waals surface area contributed by atoms with Gasteiger partial charge in [0, 0.05) is 4.90 Å². The first-order chi connectivity index (χ1) is 7.50. The number of halogens is 1. The zero-order chi connectivity index (χ0) is 12.1. The molecule has 0 saturated carbocycles. The van der Waals surface area contributed by atoms with Crippen LogP contribution in [0.1, 0.15) is 30.6 Å². The van der Waals surface area contributed by atoms with Crippen LogP contribution in [0.25, 0.3) is 0 Å². The van der Waals surface area contributed by atoms with Crippen LogP contribution in [0.3, 0.4) is 0 Å². The smallest absolute Gasteiger partial charge is 0.341 e. The SMILES string of the molecule is CC(C)CCOC(=O)c1cc(S)ccc1F. The van der Waals surface area contributed by atoms with E-state index >= 15 is 0 Å². The van der Waals surface area contributed by atoms with Gasteiger partial charge >= 0.3 is 5.97 Å². The molecule has 0 atom stereocenters. The molecule has 0 aromatic heterocycles. The van der Waals surface area contributed by atoms with Gasteiger partial charge in [0.1, 0.15) is 5.82 Å². The largest absolute Gasteiger partial charge is 0.462 e. The molecule has 0 fully saturated rings. The zero-order valence-electron chi connectivity index (χ0n) is 9.37. The maximum atomic E-state index is 13.3. The lowest BCUT2D eigenvalue weighted by Gasteiger charge is -2.07. The van der Waals surface area contributed by atoms with Gasteiger partial charge in [-0.1, -0.05) is 13.8 Å². The molecule has 88 valence electrons. The van der Waals surface area contributed by atoms with Gasteiger partial charge < -0.3 is 4.74 Å². The normalized spacial score (nSPS) is 10.6. The van der Waals surface area contributed by atoms with Gasteiger partial charge in [0.25, 0.3) is 0 Å². The van der Waals surface area contributed by atoms with Crippen molar-refractivity contribution in [2.75, 3.05) is 6.61 Å². The predicted octanol–water partition coefficient (Wildman–Crippen LogP) is 3.32. The molecule has 0 spiro atoms. The van der Waals surface area contributed by atoms with Crippen molar-refractivity contribution in [3.05, 3.63) is 29.6 Å². The minimum Gasteiger partial charge on any atom is -0.462 e. The van der Waals surface area contributed by atoms with Crippen molar-refractivity contribution in [1.82, 2.24) is 0 Å². The Hall–Kier alpha value is -1.03. The van der Waals surface area contributed by atoms with Crippen molar-refractivity contribution in [3.8, 4) is 0 Å². The topological polar surface area (TPSA) is 26.3 Å². The summed E-state index contributed by atoms with van der Waals surface area (Å²) in [5.74, 6) is -0.754. The van der Waals surface area contributed by atoms with Crippen molar-refractivity contribution >= 4 is 18.6 Å². The van der Waals surface area contributed by atoms with Gasteiger partial charge in [-0.05, 0) is 30.5 Å². The standard InChI is InChI=1S/C12H15FO2S/c1-8(2)5-6-15-12(14)10-7-9(16)3-4-11(10)13/h3-4,7-8,16H,5-6H2,1-2H3. The summed E-state index contributed by atoms with van der Waals surface area (Å²) in [7, 11) is 0. The van der Waals surface area contributed by atoms with Crippen LogP contribution >= 0.6 is 12.6 Å². The maximum absolute atomic E-state index is 13.3. The van der Waals surface area contributed by atoms with E-state index in [9.17, 15) is 9.18 Å². The predicted molar refractivity (Wildman–Crippen MR) is 63.4 cm³/mol. The number of hydrogen-bond acceptors (Lipinski definition) is 3. The molecule has 0 aliphatic carbocycles. The molecule has 0 heterocycles. The molecule has 4 heteroatoms. The van der Waals surface area contributed by atoms with E-state index in [1.54, 1.807) is 0 Å². The average molecular weight is 242 g/mol. The Kier molecular flexibility index (Phi) is 4.80. The van der Waals surface area contributed by atoms with Gasteiger partial charge in [0.05, 0.1) is 12.2 Å². The fourth-order valence-corrected chi connectivity index (χ4v) is 1.34. The first-order valence-corrected chi connectivity index (χ1v) is 5.61. The lowest BCUT2D eigenvalue weighted by atomic mass is 10.1. The Morgan fingerprint density at radius 3 is 2.81 bits per heavy atom. The molecule has 0 amide bonds. The third-order valence-electron chi connectivity index (χ3n) is 2.10. The van der Waals surface area contributed by atoms with Crippen molar-refractivity contribution in [1.29, 1.82) is 0 Å². The zero-order valence-corrected chi connectivity index (χ0v) is 10.3. The highest BCUT2D eigenvalue weighted by Crippen LogP contribution is 2.14. The van der Waals surface area contributed by atoms with Crippen molar-refractivity contribution < 1.29 is 13.9 Å². The number of esters is 1. The molecule has 0 aliphatic rings. The van der Waals surface area contributed by atoms with Crippen LogP contribution < -0.4 is 0 Å². The number of carbonyl (C=O) groups is 1. The summed E-state index contributed by atoms with van der Waals surface area (Å²) in [5, 5.41) is 0. The van der Waals surface area contributed by atoms with Gasteiger partial charge in [0.15, 0.2) is 0 Å². The second-order valence-electron chi connectivity index (χ2n) is 3.98. The van der Waals surface area contributed by atoms with Crippen LogP contribution in [0, 0.1) is 11.7 Å². The molecule has 0 bridgehead atoms. The number of benzene rings is 1. The second kappa shape index (κ2) is 5.89. The Balaban J connectivity index is 2.62. The molecule has 0 N–H and O–H groups in total. The van der Waals surface area contributed by atoms with Crippen molar-refractivity contribution in [2.24, 2.45) is 5.92 Å². The molecule has 0 saturated heterocycles. The van der Waals surface area contributed by atoms with Gasteiger partial charge in [-0.2, -0.15) is 0 Å². The highest BCUT2D eigenvalue weighted by atomic mass is 32.1.